The third-order valence-electron chi connectivity index (χ3n) is 12.0. The molecule has 9 rings (SSSR count). The summed E-state index contributed by atoms with van der Waals surface area (Å²) in [6, 6.07) is 49.5. The fourth-order valence-electron chi connectivity index (χ4n) is 9.80. The van der Waals surface area contributed by atoms with Gasteiger partial charge in [0.15, 0.2) is 0 Å². The van der Waals surface area contributed by atoms with Gasteiger partial charge in [-0.2, -0.15) is 0 Å². The van der Waals surface area contributed by atoms with Crippen molar-refractivity contribution in [2.45, 2.75) is 60.7 Å². The Morgan fingerprint density at radius 2 is 0.942 bits per heavy atom. The van der Waals surface area contributed by atoms with Crippen LogP contribution in [0.5, 0.6) is 0 Å². The Bertz CT molecular complexity index is 2290. The minimum absolute atomic E-state index is 0.520. The van der Waals surface area contributed by atoms with Gasteiger partial charge in [0.25, 0.3) is 0 Å². The van der Waals surface area contributed by atoms with Crippen molar-refractivity contribution in [3.05, 3.63) is 172 Å². The van der Waals surface area contributed by atoms with E-state index < -0.39 is 31.0 Å². The van der Waals surface area contributed by atoms with Crippen LogP contribution in [0.15, 0.2) is 139 Å². The van der Waals surface area contributed by atoms with Crippen molar-refractivity contribution in [1.29, 1.82) is 0 Å². The number of hydrogen-bond donors (Lipinski definition) is 0. The maximum atomic E-state index is 2.67. The number of fused-ring (bicyclic) bond motifs is 5. The van der Waals surface area contributed by atoms with E-state index in [1.54, 1.807) is 38.2 Å². The van der Waals surface area contributed by atoms with Crippen LogP contribution < -0.4 is 13.7 Å². The van der Waals surface area contributed by atoms with Crippen molar-refractivity contribution in [3.63, 3.8) is 0 Å². The van der Waals surface area contributed by atoms with Crippen molar-refractivity contribution < 1.29 is 21.4 Å². The number of allylic oxidation sites excluding steroid dienone is 2. The first-order valence-electron chi connectivity index (χ1n) is 19.4. The number of hydrogen-bond acceptors (Lipinski definition) is 0. The minimum atomic E-state index is -3.05. The van der Waals surface area contributed by atoms with Gasteiger partial charge in [-0.25, -0.2) is 0 Å². The number of benzene rings is 6. The van der Waals surface area contributed by atoms with Crippen molar-refractivity contribution in [2.75, 3.05) is 0 Å². The van der Waals surface area contributed by atoms with Gasteiger partial charge in [-0.1, -0.05) is 0 Å². The monoisotopic (exact) mass is 855 g/mol. The third kappa shape index (κ3) is 5.57. The van der Waals surface area contributed by atoms with Crippen LogP contribution in [0.25, 0.3) is 45.5 Å². The summed E-state index contributed by atoms with van der Waals surface area (Å²) in [7, 11) is -0.589. The predicted octanol–water partition coefficient (Wildman–Crippen LogP) is 10.9. The molecule has 0 aromatic heterocycles. The van der Waals surface area contributed by atoms with E-state index in [-0.39, 0.29) is 0 Å². The molecule has 6 aromatic carbocycles. The van der Waals surface area contributed by atoms with Crippen molar-refractivity contribution in [1.82, 2.24) is 0 Å². The van der Waals surface area contributed by atoms with Gasteiger partial charge in [0.05, 0.1) is 0 Å². The van der Waals surface area contributed by atoms with E-state index in [4.69, 9.17) is 0 Å². The zero-order valence-corrected chi connectivity index (χ0v) is 36.0. The molecule has 1 heterocycles. The van der Waals surface area contributed by atoms with E-state index in [0.29, 0.717) is 7.35 Å². The summed E-state index contributed by atoms with van der Waals surface area (Å²) in [6.07, 6.45) is 10.0. The zero-order valence-electron chi connectivity index (χ0n) is 31.0. The van der Waals surface area contributed by atoms with Gasteiger partial charge in [-0.3, -0.25) is 0 Å². The molecule has 2 unspecified atom stereocenters. The molecule has 0 fully saturated rings. The summed E-state index contributed by atoms with van der Waals surface area (Å²) in [5, 5.41) is 3.40. The summed E-state index contributed by atoms with van der Waals surface area (Å²) in [5.74, 6) is 0. The Morgan fingerprint density at radius 3 is 1.48 bits per heavy atom. The Labute approximate surface area is 320 Å². The molecule has 0 spiro atoms. The second-order valence-corrected chi connectivity index (χ2v) is 26.4. The van der Waals surface area contributed by atoms with E-state index in [1.807, 2.05) is 3.32 Å². The van der Waals surface area contributed by atoms with Crippen LogP contribution in [-0.4, -0.2) is 9.52 Å². The number of rotatable bonds is 9. The molecule has 0 saturated carbocycles. The van der Waals surface area contributed by atoms with Gasteiger partial charge >= 0.3 is 323 Å². The molecule has 2 aliphatic carbocycles. The van der Waals surface area contributed by atoms with Gasteiger partial charge < -0.3 is 0 Å². The molecule has 0 amide bonds. The van der Waals surface area contributed by atoms with E-state index in [0.717, 1.165) is 0 Å². The Hall–Kier alpha value is -4.11. The molecular weight excluding hydrogens is 807 g/mol. The molecule has 2 heteroatoms. The molecular formula is C50H47HfSi. The standard InChI is InChI=1S/2C19H19.C12H9Si.Hf/c2*1-3-7-15-12-16-9-6-11-18(19(16)13-15)17-10-5-4-8-14(17)2;1-3-7-11-9(5-1)10-6-2-4-8-12(10)13-11;/h2*4-6,8-13H,3,7H2,1-2H3;1-7H,13H2;. The first kappa shape index (κ1) is 33.7. The van der Waals surface area contributed by atoms with Gasteiger partial charge in [0, 0.05) is 0 Å². The summed E-state index contributed by atoms with van der Waals surface area (Å²) >= 11 is -3.05. The zero-order chi connectivity index (χ0) is 35.3. The first-order chi connectivity index (χ1) is 25.6. The van der Waals surface area contributed by atoms with Crippen molar-refractivity contribution >= 4 is 35.4 Å². The molecule has 2 atom stereocenters. The maximum absolute atomic E-state index is 3.05. The molecule has 0 radical (unpaired) electrons. The molecule has 0 saturated heterocycles. The SMILES string of the molecule is CCCC1=Cc2c(-c3ccccc3C)cccc2[CH]1[Hf]([c]1cccc2c1[SiH2]c1ccccc1-2)[CH]1C(CCC)=Cc2c(-c3ccccc3C)cccc21. The van der Waals surface area contributed by atoms with Crippen LogP contribution in [0.2, 0.25) is 0 Å². The fourth-order valence-corrected chi connectivity index (χ4v) is 29.3. The average Bonchev–Trinajstić information content (AvgIpc) is 3.85. The Kier molecular flexibility index (Phi) is 9.09. The second kappa shape index (κ2) is 14.0. The van der Waals surface area contributed by atoms with Gasteiger partial charge in [-0.05, 0) is 0 Å². The van der Waals surface area contributed by atoms with Crippen LogP contribution in [0.1, 0.15) is 80.3 Å². The van der Waals surface area contributed by atoms with E-state index >= 15 is 0 Å². The molecule has 1 aliphatic heterocycles. The molecule has 3 aliphatic rings. The molecule has 0 nitrogen and oxygen atoms in total. The Morgan fingerprint density at radius 1 is 0.481 bits per heavy atom. The van der Waals surface area contributed by atoms with Crippen molar-refractivity contribution in [3.8, 4) is 33.4 Å². The van der Waals surface area contributed by atoms with E-state index in [2.05, 4.69) is 167 Å². The topological polar surface area (TPSA) is 0 Å². The Balaban J connectivity index is 1.31. The summed E-state index contributed by atoms with van der Waals surface area (Å²) in [6.45, 7) is 9.33. The quantitative estimate of drug-likeness (QED) is 0.127. The van der Waals surface area contributed by atoms with Crippen LogP contribution in [0.3, 0.4) is 0 Å². The van der Waals surface area contributed by atoms with Gasteiger partial charge in [0.1, 0.15) is 0 Å². The van der Waals surface area contributed by atoms with Crippen molar-refractivity contribution in [2.24, 2.45) is 0 Å². The van der Waals surface area contributed by atoms with Crippen LogP contribution in [0.4, 0.5) is 0 Å². The normalized spacial score (nSPS) is 17.0. The fraction of sp³-hybridized carbons (Fsp3) is 0.200. The molecule has 6 aromatic rings. The summed E-state index contributed by atoms with van der Waals surface area (Å²) < 4.78 is 2.85. The number of aryl methyl sites for hydroxylation is 2. The van der Waals surface area contributed by atoms with Crippen LogP contribution in [-0.2, 0) is 21.4 Å². The van der Waals surface area contributed by atoms with Gasteiger partial charge in [-0.15, -0.1) is 0 Å². The average molecular weight is 855 g/mol. The van der Waals surface area contributed by atoms with E-state index in [1.165, 1.54) is 75.8 Å². The molecule has 52 heavy (non-hydrogen) atoms. The second-order valence-electron chi connectivity index (χ2n) is 15.2. The van der Waals surface area contributed by atoms with Gasteiger partial charge in [0.2, 0.25) is 0 Å². The van der Waals surface area contributed by atoms with Crippen LogP contribution in [0, 0.1) is 13.8 Å². The molecule has 255 valence electrons. The van der Waals surface area contributed by atoms with Crippen LogP contribution >= 0.6 is 0 Å². The van der Waals surface area contributed by atoms with E-state index in [9.17, 15) is 0 Å². The predicted molar refractivity (Wildman–Crippen MR) is 224 cm³/mol. The summed E-state index contributed by atoms with van der Waals surface area (Å²) in [5.41, 5.74) is 21.0. The first-order valence-corrected chi connectivity index (χ1v) is 26.8. The summed E-state index contributed by atoms with van der Waals surface area (Å²) in [4.78, 5) is 0. The molecule has 0 bridgehead atoms. The molecule has 0 N–H and O–H groups in total. The third-order valence-corrected chi connectivity index (χ3v) is 28.7.